The van der Waals surface area contributed by atoms with Crippen molar-refractivity contribution in [3.63, 3.8) is 0 Å². The maximum atomic E-state index is 4.71. The van der Waals surface area contributed by atoms with Crippen molar-refractivity contribution in [3.8, 4) is 22.5 Å². The van der Waals surface area contributed by atoms with Gasteiger partial charge in [0.25, 0.3) is 0 Å². The molecule has 144 valence electrons. The number of anilines is 1. The van der Waals surface area contributed by atoms with Crippen molar-refractivity contribution in [1.82, 2.24) is 25.4 Å². The quantitative estimate of drug-likeness (QED) is 0.534. The van der Waals surface area contributed by atoms with E-state index in [4.69, 9.17) is 4.98 Å². The largest absolute Gasteiger partial charge is 0.347 e. The van der Waals surface area contributed by atoms with Gasteiger partial charge in [-0.1, -0.05) is 48.5 Å². The Morgan fingerprint density at radius 2 is 1.86 bits per heavy atom. The fourth-order valence-electron chi connectivity index (χ4n) is 3.92. The van der Waals surface area contributed by atoms with Crippen LogP contribution in [0.2, 0.25) is 0 Å². The number of aromatic amines is 1. The third-order valence-corrected chi connectivity index (χ3v) is 5.37. The highest BCUT2D eigenvalue weighted by Gasteiger charge is 2.15. The molecule has 29 heavy (non-hydrogen) atoms. The number of aryl methyl sites for hydroxylation is 1. The Bertz CT molecular complexity index is 1120. The van der Waals surface area contributed by atoms with Crippen LogP contribution in [0, 0.1) is 0 Å². The highest BCUT2D eigenvalue weighted by Crippen LogP contribution is 2.30. The molecule has 2 heterocycles. The molecule has 0 amide bonds. The highest BCUT2D eigenvalue weighted by atomic mass is 15.2. The number of nitrogens with one attached hydrogen (secondary N) is 2. The summed E-state index contributed by atoms with van der Waals surface area (Å²) in [7, 11) is 0. The number of fused-ring (bicyclic) bond motifs is 1. The van der Waals surface area contributed by atoms with Gasteiger partial charge in [-0.25, -0.2) is 4.98 Å². The molecule has 0 saturated carbocycles. The second-order valence-corrected chi connectivity index (χ2v) is 7.31. The topological polar surface area (TPSA) is 79.4 Å². The summed E-state index contributed by atoms with van der Waals surface area (Å²) in [5.74, 6) is 0.514. The molecular formula is C23H22N6. The van der Waals surface area contributed by atoms with Gasteiger partial charge >= 0.3 is 0 Å². The Hall–Kier alpha value is -3.54. The summed E-state index contributed by atoms with van der Waals surface area (Å²) in [5, 5.41) is 19.0. The van der Waals surface area contributed by atoms with Gasteiger partial charge in [-0.05, 0) is 48.4 Å². The first kappa shape index (κ1) is 17.6. The van der Waals surface area contributed by atoms with Crippen molar-refractivity contribution in [2.75, 3.05) is 5.32 Å². The summed E-state index contributed by atoms with van der Waals surface area (Å²) >= 11 is 0. The average Bonchev–Trinajstić information content (AvgIpc) is 3.27. The smallest absolute Gasteiger partial charge is 0.243 e. The van der Waals surface area contributed by atoms with Crippen molar-refractivity contribution < 1.29 is 0 Å². The van der Waals surface area contributed by atoms with Crippen LogP contribution in [0.25, 0.3) is 22.5 Å². The van der Waals surface area contributed by atoms with Crippen LogP contribution in [-0.4, -0.2) is 25.4 Å². The SMILES string of the molecule is c1ccc(-c2cc(CNc3nncc(-c4cccc5c4CCCC5)n3)n[nH]2)cc1. The minimum atomic E-state index is 0.514. The van der Waals surface area contributed by atoms with Crippen LogP contribution >= 0.6 is 0 Å². The lowest BCUT2D eigenvalue weighted by atomic mass is 9.87. The van der Waals surface area contributed by atoms with Gasteiger partial charge in [-0.15, -0.1) is 5.10 Å². The van der Waals surface area contributed by atoms with Gasteiger partial charge in [0.05, 0.1) is 29.8 Å². The lowest BCUT2D eigenvalue weighted by Gasteiger charge is -2.18. The zero-order chi connectivity index (χ0) is 19.5. The van der Waals surface area contributed by atoms with E-state index in [1.807, 2.05) is 24.3 Å². The molecule has 2 aromatic heterocycles. The molecule has 5 rings (SSSR count). The lowest BCUT2D eigenvalue weighted by molar-refractivity contribution is 0.686. The standard InChI is InChI=1S/C23H22N6/c1-2-8-17(9-3-1)21-13-18(27-28-21)14-24-23-26-22(15-25-29-23)20-12-6-10-16-7-4-5-11-19(16)20/h1-3,6,8-10,12-13,15H,4-5,7,11,14H2,(H,27,28)(H,24,26,29). The van der Waals surface area contributed by atoms with Crippen molar-refractivity contribution in [2.45, 2.75) is 32.2 Å². The van der Waals surface area contributed by atoms with Crippen molar-refractivity contribution >= 4 is 5.95 Å². The first-order valence-electron chi connectivity index (χ1n) is 10.0. The maximum absolute atomic E-state index is 4.71. The van der Waals surface area contributed by atoms with Gasteiger partial charge in [0.2, 0.25) is 5.95 Å². The molecule has 0 aliphatic heterocycles. The maximum Gasteiger partial charge on any atom is 0.243 e. The van der Waals surface area contributed by atoms with Crippen LogP contribution in [0.5, 0.6) is 0 Å². The molecule has 0 fully saturated rings. The molecule has 0 unspecified atom stereocenters. The molecule has 2 aromatic carbocycles. The summed E-state index contributed by atoms with van der Waals surface area (Å²) in [6.45, 7) is 0.529. The molecule has 0 radical (unpaired) electrons. The summed E-state index contributed by atoms with van der Waals surface area (Å²) < 4.78 is 0. The van der Waals surface area contributed by atoms with Gasteiger partial charge in [-0.2, -0.15) is 10.2 Å². The van der Waals surface area contributed by atoms with E-state index in [9.17, 15) is 0 Å². The number of nitrogens with zero attached hydrogens (tertiary/aromatic N) is 4. The van der Waals surface area contributed by atoms with E-state index in [0.717, 1.165) is 35.5 Å². The Balaban J connectivity index is 1.33. The van der Waals surface area contributed by atoms with Crippen LogP contribution in [0.1, 0.15) is 29.7 Å². The van der Waals surface area contributed by atoms with Gasteiger partial charge in [-0.3, -0.25) is 5.10 Å². The molecule has 0 saturated heterocycles. The Morgan fingerprint density at radius 1 is 0.966 bits per heavy atom. The molecular weight excluding hydrogens is 360 g/mol. The van der Waals surface area contributed by atoms with Crippen molar-refractivity contribution in [2.24, 2.45) is 0 Å². The van der Waals surface area contributed by atoms with E-state index >= 15 is 0 Å². The minimum Gasteiger partial charge on any atom is -0.347 e. The zero-order valence-electron chi connectivity index (χ0n) is 16.1. The van der Waals surface area contributed by atoms with Crippen molar-refractivity contribution in [3.05, 3.63) is 77.6 Å². The molecule has 6 nitrogen and oxygen atoms in total. The van der Waals surface area contributed by atoms with Gasteiger partial charge in [0.15, 0.2) is 0 Å². The zero-order valence-corrected chi connectivity index (χ0v) is 16.1. The fraction of sp³-hybridized carbons (Fsp3) is 0.217. The number of H-pyrrole nitrogens is 1. The number of benzene rings is 2. The Morgan fingerprint density at radius 3 is 2.79 bits per heavy atom. The fourth-order valence-corrected chi connectivity index (χ4v) is 3.92. The number of aromatic nitrogens is 5. The highest BCUT2D eigenvalue weighted by molar-refractivity contribution is 5.66. The summed E-state index contributed by atoms with van der Waals surface area (Å²) in [6, 6.07) is 18.7. The first-order valence-corrected chi connectivity index (χ1v) is 10.0. The van der Waals surface area contributed by atoms with Crippen LogP contribution in [0.4, 0.5) is 5.95 Å². The third kappa shape index (κ3) is 3.74. The number of hydrogen-bond donors (Lipinski definition) is 2. The van der Waals surface area contributed by atoms with Gasteiger partial charge < -0.3 is 5.32 Å². The minimum absolute atomic E-state index is 0.514. The molecule has 6 heteroatoms. The van der Waals surface area contributed by atoms with Crippen LogP contribution in [-0.2, 0) is 19.4 Å². The predicted octanol–water partition coefficient (Wildman–Crippen LogP) is 4.42. The number of hydrogen-bond acceptors (Lipinski definition) is 5. The van der Waals surface area contributed by atoms with E-state index < -0.39 is 0 Å². The van der Waals surface area contributed by atoms with Gasteiger partial charge in [0, 0.05) is 5.56 Å². The monoisotopic (exact) mass is 382 g/mol. The first-order chi connectivity index (χ1) is 14.4. The van der Waals surface area contributed by atoms with E-state index in [0.29, 0.717) is 12.5 Å². The Kier molecular flexibility index (Phi) is 4.74. The predicted molar refractivity (Wildman–Crippen MR) is 113 cm³/mol. The molecule has 0 atom stereocenters. The Labute approximate surface area is 169 Å². The molecule has 0 spiro atoms. The number of rotatable bonds is 5. The van der Waals surface area contributed by atoms with Gasteiger partial charge in [0.1, 0.15) is 0 Å². The van der Waals surface area contributed by atoms with E-state index in [1.165, 1.54) is 29.5 Å². The summed E-state index contributed by atoms with van der Waals surface area (Å²) in [5.41, 5.74) is 7.89. The second kappa shape index (κ2) is 7.83. The average molecular weight is 382 g/mol. The normalized spacial score (nSPS) is 13.1. The molecule has 0 bridgehead atoms. The van der Waals surface area contributed by atoms with Crippen LogP contribution in [0.15, 0.2) is 60.8 Å². The van der Waals surface area contributed by atoms with Crippen LogP contribution in [0.3, 0.4) is 0 Å². The summed E-state index contributed by atoms with van der Waals surface area (Å²) in [4.78, 5) is 4.71. The molecule has 1 aliphatic carbocycles. The second-order valence-electron chi connectivity index (χ2n) is 7.31. The molecule has 4 aromatic rings. The van der Waals surface area contributed by atoms with Crippen molar-refractivity contribution in [1.29, 1.82) is 0 Å². The molecule has 2 N–H and O–H groups in total. The lowest BCUT2D eigenvalue weighted by Crippen LogP contribution is -2.08. The molecule has 1 aliphatic rings. The van der Waals surface area contributed by atoms with E-state index in [1.54, 1.807) is 6.20 Å². The summed E-state index contributed by atoms with van der Waals surface area (Å²) in [6.07, 6.45) is 6.50. The third-order valence-electron chi connectivity index (χ3n) is 5.37. The van der Waals surface area contributed by atoms with E-state index in [-0.39, 0.29) is 0 Å². The van der Waals surface area contributed by atoms with E-state index in [2.05, 4.69) is 56.0 Å². The van der Waals surface area contributed by atoms with Crippen LogP contribution < -0.4 is 5.32 Å².